The molecular formula is C35H39N3O9S. The molecule has 3 amide bonds. The van der Waals surface area contributed by atoms with Crippen molar-refractivity contribution in [2.24, 2.45) is 5.41 Å². The van der Waals surface area contributed by atoms with Crippen LogP contribution >= 0.6 is 11.8 Å². The third kappa shape index (κ3) is 8.03. The zero-order valence-electron chi connectivity index (χ0n) is 27.1. The van der Waals surface area contributed by atoms with Gasteiger partial charge in [-0.15, -0.1) is 11.8 Å². The molecule has 0 aliphatic carbocycles. The summed E-state index contributed by atoms with van der Waals surface area (Å²) in [5.74, 6) is -0.499. The molecule has 0 bridgehead atoms. The van der Waals surface area contributed by atoms with E-state index in [9.17, 15) is 29.4 Å². The summed E-state index contributed by atoms with van der Waals surface area (Å²) in [6.07, 6.45) is -0.823. The summed E-state index contributed by atoms with van der Waals surface area (Å²) in [7, 11) is 0. The first-order valence-corrected chi connectivity index (χ1v) is 16.5. The zero-order valence-corrected chi connectivity index (χ0v) is 27.9. The van der Waals surface area contributed by atoms with E-state index in [2.05, 4.69) is 10.6 Å². The van der Waals surface area contributed by atoms with E-state index in [1.807, 2.05) is 43.3 Å². The summed E-state index contributed by atoms with van der Waals surface area (Å²) >= 11 is 1.38. The average Bonchev–Trinajstić information content (AvgIpc) is 3.53. The van der Waals surface area contributed by atoms with Gasteiger partial charge in [0.1, 0.15) is 17.0 Å². The molecule has 4 atom stereocenters. The van der Waals surface area contributed by atoms with Gasteiger partial charge in [-0.25, -0.2) is 4.79 Å². The van der Waals surface area contributed by atoms with Gasteiger partial charge in [0.2, 0.25) is 18.6 Å². The number of fused-ring (bicyclic) bond motifs is 1. The molecule has 3 aromatic rings. The molecular weight excluding hydrogens is 638 g/mol. The first kappa shape index (κ1) is 34.6. The molecule has 2 aliphatic rings. The second-order valence-corrected chi connectivity index (χ2v) is 13.9. The Morgan fingerprint density at radius 1 is 1.00 bits per heavy atom. The number of amides is 3. The van der Waals surface area contributed by atoms with Crippen LogP contribution in [0.4, 0.5) is 5.69 Å². The largest absolute Gasteiger partial charge is 0.484 e. The normalized spacial score (nSPS) is 18.0. The lowest BCUT2D eigenvalue weighted by Crippen LogP contribution is -2.57. The van der Waals surface area contributed by atoms with Crippen LogP contribution in [0, 0.1) is 12.3 Å². The number of rotatable bonds is 13. The van der Waals surface area contributed by atoms with Gasteiger partial charge in [0.15, 0.2) is 18.1 Å². The molecule has 2 heterocycles. The fourth-order valence-corrected chi connectivity index (χ4v) is 6.65. The molecule has 0 saturated carbocycles. The molecule has 12 nitrogen and oxygen atoms in total. The van der Waals surface area contributed by atoms with E-state index in [1.54, 1.807) is 56.0 Å². The third-order valence-electron chi connectivity index (χ3n) is 8.03. The van der Waals surface area contributed by atoms with Gasteiger partial charge in [-0.2, -0.15) is 0 Å². The minimum Gasteiger partial charge on any atom is -0.484 e. The number of nitrogens with zero attached hydrogens (tertiary/aromatic N) is 1. The van der Waals surface area contributed by atoms with Crippen molar-refractivity contribution in [1.29, 1.82) is 0 Å². The Bertz CT molecular complexity index is 1660. The standard InChI is InChI=1S/C35H39N3O9S/c1-20-5-10-23(11-6-20)38-30(31(33(38)42)48-18-25(39)22-9-14-26-27(15-22)47-19-46-26)21-7-12-24(13-8-21)45-17-29(41)36-16-28(40)37-32(34(43)44)35(2,3)4/h5-15,25,30-32,39H,16-19H2,1-4H3,(H,36,41)(H,37,40)(H,43,44)/t25?,30-,31-,32+/m1/s1. The van der Waals surface area contributed by atoms with E-state index in [0.717, 1.165) is 16.8 Å². The second-order valence-electron chi connectivity index (χ2n) is 12.7. The van der Waals surface area contributed by atoms with Gasteiger partial charge < -0.3 is 40.0 Å². The van der Waals surface area contributed by atoms with Gasteiger partial charge in [0.05, 0.1) is 18.7 Å². The van der Waals surface area contributed by atoms with Crippen molar-refractivity contribution < 1.29 is 43.6 Å². The molecule has 48 heavy (non-hydrogen) atoms. The van der Waals surface area contributed by atoms with Crippen molar-refractivity contribution in [3.05, 3.63) is 83.4 Å². The Hall–Kier alpha value is -4.75. The van der Waals surface area contributed by atoms with E-state index >= 15 is 0 Å². The fourth-order valence-electron chi connectivity index (χ4n) is 5.35. The summed E-state index contributed by atoms with van der Waals surface area (Å²) in [6.45, 7) is 6.44. The van der Waals surface area contributed by atoms with Crippen molar-refractivity contribution in [3.63, 3.8) is 0 Å². The molecule has 0 spiro atoms. The summed E-state index contributed by atoms with van der Waals surface area (Å²) in [6, 6.07) is 18.7. The van der Waals surface area contributed by atoms with E-state index in [0.29, 0.717) is 22.8 Å². The number of carboxylic acids is 1. The first-order valence-electron chi connectivity index (χ1n) is 15.4. The number of aryl methyl sites for hydroxylation is 1. The van der Waals surface area contributed by atoms with Crippen LogP contribution in [0.15, 0.2) is 66.7 Å². The number of benzene rings is 3. The smallest absolute Gasteiger partial charge is 0.326 e. The van der Waals surface area contributed by atoms with E-state index < -0.39 is 47.1 Å². The summed E-state index contributed by atoms with van der Waals surface area (Å²) in [4.78, 5) is 51.3. The highest BCUT2D eigenvalue weighted by Crippen LogP contribution is 2.46. The number of hydrogen-bond donors (Lipinski definition) is 4. The number of thioether (sulfide) groups is 1. The van der Waals surface area contributed by atoms with Gasteiger partial charge >= 0.3 is 5.97 Å². The highest BCUT2D eigenvalue weighted by molar-refractivity contribution is 8.00. The predicted molar refractivity (Wildman–Crippen MR) is 179 cm³/mol. The number of carbonyl (C=O) groups is 4. The Labute approximate surface area is 282 Å². The summed E-state index contributed by atoms with van der Waals surface area (Å²) < 4.78 is 16.4. The van der Waals surface area contributed by atoms with Crippen molar-refractivity contribution in [1.82, 2.24) is 10.6 Å². The van der Waals surface area contributed by atoms with Crippen LogP contribution in [-0.2, 0) is 19.2 Å². The summed E-state index contributed by atoms with van der Waals surface area (Å²) in [5, 5.41) is 24.7. The highest BCUT2D eigenvalue weighted by atomic mass is 32.2. The van der Waals surface area contributed by atoms with Crippen LogP contribution in [0.3, 0.4) is 0 Å². The van der Waals surface area contributed by atoms with Gasteiger partial charge in [-0.3, -0.25) is 14.4 Å². The average molecular weight is 678 g/mol. The van der Waals surface area contributed by atoms with E-state index in [1.165, 1.54) is 11.8 Å². The molecule has 1 fully saturated rings. The Morgan fingerprint density at radius 3 is 2.35 bits per heavy atom. The zero-order chi connectivity index (χ0) is 34.6. The predicted octanol–water partition coefficient (Wildman–Crippen LogP) is 3.76. The van der Waals surface area contributed by atoms with Crippen LogP contribution in [0.5, 0.6) is 17.2 Å². The quantitative estimate of drug-likeness (QED) is 0.196. The van der Waals surface area contributed by atoms with Gasteiger partial charge in [-0.05, 0) is 59.9 Å². The number of nitrogens with one attached hydrogen (secondary N) is 2. The fraction of sp³-hybridized carbons (Fsp3) is 0.371. The van der Waals surface area contributed by atoms with Crippen molar-refractivity contribution in [2.75, 3.05) is 30.6 Å². The molecule has 3 aromatic carbocycles. The van der Waals surface area contributed by atoms with Crippen molar-refractivity contribution in [2.45, 2.75) is 51.1 Å². The van der Waals surface area contributed by atoms with Crippen molar-refractivity contribution in [3.8, 4) is 17.2 Å². The molecule has 4 N–H and O–H groups in total. The highest BCUT2D eigenvalue weighted by Gasteiger charge is 2.49. The SMILES string of the molecule is Cc1ccc(N2C(=O)[C@H](SCC(O)c3ccc4c(c3)OCO4)[C@H]2c2ccc(OCC(=O)NCC(=O)N[C@@H](C(=O)O)C(C)(C)C)cc2)cc1. The molecule has 13 heteroatoms. The minimum absolute atomic E-state index is 0.0649. The maximum Gasteiger partial charge on any atom is 0.326 e. The van der Waals surface area contributed by atoms with Crippen LogP contribution in [0.25, 0.3) is 0 Å². The Balaban J connectivity index is 1.20. The number of aliphatic carboxylic acids is 1. The topological polar surface area (TPSA) is 164 Å². The number of anilines is 1. The van der Waals surface area contributed by atoms with E-state index in [-0.39, 0.29) is 31.1 Å². The lowest BCUT2D eigenvalue weighted by molar-refractivity contribution is -0.144. The van der Waals surface area contributed by atoms with Crippen LogP contribution in [0.1, 0.15) is 49.6 Å². The molecule has 1 saturated heterocycles. The van der Waals surface area contributed by atoms with Crippen LogP contribution in [-0.4, -0.2) is 70.9 Å². The number of carbonyl (C=O) groups excluding carboxylic acids is 3. The van der Waals surface area contributed by atoms with Crippen LogP contribution < -0.4 is 29.7 Å². The van der Waals surface area contributed by atoms with Gasteiger partial charge in [0.25, 0.3) is 5.91 Å². The number of carboxylic acid groups (broad SMARTS) is 1. The molecule has 0 aromatic heterocycles. The maximum atomic E-state index is 13.5. The number of aliphatic hydroxyl groups is 1. The monoisotopic (exact) mass is 677 g/mol. The van der Waals surface area contributed by atoms with Crippen molar-refractivity contribution >= 4 is 41.1 Å². The van der Waals surface area contributed by atoms with Crippen LogP contribution in [0.2, 0.25) is 0 Å². The number of ether oxygens (including phenoxy) is 3. The molecule has 2 aliphatic heterocycles. The molecule has 0 radical (unpaired) electrons. The minimum atomic E-state index is -1.16. The summed E-state index contributed by atoms with van der Waals surface area (Å²) in [5.41, 5.74) is 2.65. The first-order chi connectivity index (χ1) is 22.8. The third-order valence-corrected chi connectivity index (χ3v) is 9.36. The van der Waals surface area contributed by atoms with E-state index in [4.69, 9.17) is 14.2 Å². The number of aliphatic hydroxyl groups excluding tert-OH is 1. The lowest BCUT2D eigenvalue weighted by atomic mass is 9.87. The van der Waals surface area contributed by atoms with Gasteiger partial charge in [0, 0.05) is 11.4 Å². The molecule has 5 rings (SSSR count). The second kappa shape index (κ2) is 14.6. The lowest BCUT2D eigenvalue weighted by Gasteiger charge is -2.47. The molecule has 254 valence electrons. The number of hydrogen-bond acceptors (Lipinski definition) is 9. The molecule has 1 unspecified atom stereocenters. The van der Waals surface area contributed by atoms with Gasteiger partial charge in [-0.1, -0.05) is 56.7 Å². The number of β-lactam (4-membered cyclic amide) rings is 1. The Kier molecular flexibility index (Phi) is 10.5. The Morgan fingerprint density at radius 2 is 1.69 bits per heavy atom. The maximum absolute atomic E-state index is 13.5.